The normalized spacial score (nSPS) is 15.2. The summed E-state index contributed by atoms with van der Waals surface area (Å²) < 4.78 is 18.3. The smallest absolute Gasteiger partial charge is 0.343 e. The van der Waals surface area contributed by atoms with Gasteiger partial charge in [0.05, 0.1) is 26.5 Å². The van der Waals surface area contributed by atoms with Crippen LogP contribution in [0.3, 0.4) is 0 Å². The number of carbonyl (C=O) groups is 1. The number of esters is 1. The quantitative estimate of drug-likeness (QED) is 0.527. The highest BCUT2D eigenvalue weighted by Crippen LogP contribution is 2.50. The first-order valence-corrected chi connectivity index (χ1v) is 11.3. The van der Waals surface area contributed by atoms with E-state index < -0.39 is 5.97 Å². The molecule has 0 N–H and O–H groups in total. The summed E-state index contributed by atoms with van der Waals surface area (Å²) in [5.41, 5.74) is 4.68. The van der Waals surface area contributed by atoms with E-state index in [4.69, 9.17) is 14.2 Å². The van der Waals surface area contributed by atoms with E-state index in [1.54, 1.807) is 33.4 Å². The molecule has 33 heavy (non-hydrogen) atoms. The molecule has 2 aromatic carbocycles. The second-order valence-electron chi connectivity index (χ2n) is 8.72. The number of carbonyl (C=O) groups excluding carboxylic acids is 1. The van der Waals surface area contributed by atoms with Crippen LogP contribution in [-0.4, -0.2) is 31.4 Å². The minimum atomic E-state index is -0.564. The van der Waals surface area contributed by atoms with Crippen LogP contribution in [0.4, 0.5) is 0 Å². The third-order valence-electron chi connectivity index (χ3n) is 6.96. The lowest BCUT2D eigenvalue weighted by Gasteiger charge is -2.49. The first kappa shape index (κ1) is 21.3. The minimum absolute atomic E-state index is 0.0946. The molecule has 0 amide bonds. The van der Waals surface area contributed by atoms with Crippen molar-refractivity contribution in [1.29, 1.82) is 0 Å². The van der Waals surface area contributed by atoms with Gasteiger partial charge in [-0.05, 0) is 68.0 Å². The zero-order valence-corrected chi connectivity index (χ0v) is 19.1. The van der Waals surface area contributed by atoms with Crippen LogP contribution >= 0.6 is 0 Å². The van der Waals surface area contributed by atoms with Gasteiger partial charge in [-0.2, -0.15) is 0 Å². The van der Waals surface area contributed by atoms with Crippen molar-refractivity contribution in [2.45, 2.75) is 38.1 Å². The van der Waals surface area contributed by atoms with Crippen molar-refractivity contribution in [2.75, 3.05) is 20.8 Å². The molecule has 0 unspecified atom stereocenters. The standard InChI is InChI=1S/C27H27NO5/c1-4-33-26(30)22-16-28-23(14-24(22)29)20-13-25(32-3)21(17-6-8-19(31-2)9-7-17)12-18(20)15-27(28)10-5-11-27/h6-9,12-14,16H,4-5,10-11,15H2,1-3H3. The molecule has 2 aliphatic rings. The van der Waals surface area contributed by atoms with Crippen molar-refractivity contribution in [3.05, 3.63) is 70.0 Å². The van der Waals surface area contributed by atoms with Crippen LogP contribution in [0.15, 0.2) is 53.5 Å². The van der Waals surface area contributed by atoms with Gasteiger partial charge in [0.2, 0.25) is 0 Å². The summed E-state index contributed by atoms with van der Waals surface area (Å²) in [4.78, 5) is 25.3. The van der Waals surface area contributed by atoms with Gasteiger partial charge in [0.25, 0.3) is 0 Å². The van der Waals surface area contributed by atoms with Gasteiger partial charge >= 0.3 is 5.97 Å². The Morgan fingerprint density at radius 1 is 1.03 bits per heavy atom. The van der Waals surface area contributed by atoms with Crippen molar-refractivity contribution in [1.82, 2.24) is 4.57 Å². The Kier molecular flexibility index (Phi) is 5.23. The zero-order chi connectivity index (χ0) is 23.2. The highest BCUT2D eigenvalue weighted by Gasteiger charge is 2.43. The maximum absolute atomic E-state index is 12.9. The SMILES string of the molecule is CCOC(=O)c1cn2c(cc1=O)-c1cc(OC)c(-c3ccc(OC)cc3)cc1CC21CCC1. The summed E-state index contributed by atoms with van der Waals surface area (Å²) in [6.07, 6.45) is 5.69. The van der Waals surface area contributed by atoms with Gasteiger partial charge in [-0.25, -0.2) is 4.79 Å². The number of pyridine rings is 1. The van der Waals surface area contributed by atoms with Gasteiger partial charge in [0.1, 0.15) is 17.1 Å². The van der Waals surface area contributed by atoms with Crippen LogP contribution in [0, 0.1) is 0 Å². The van der Waals surface area contributed by atoms with E-state index >= 15 is 0 Å². The molecule has 2 heterocycles. The molecular formula is C27H27NO5. The topological polar surface area (TPSA) is 66.8 Å². The van der Waals surface area contributed by atoms with E-state index in [0.29, 0.717) is 0 Å². The molecule has 0 atom stereocenters. The fraction of sp³-hybridized carbons (Fsp3) is 0.333. The molecule has 1 saturated carbocycles. The van der Waals surface area contributed by atoms with Crippen LogP contribution in [-0.2, 0) is 16.7 Å². The van der Waals surface area contributed by atoms with Gasteiger partial charge in [-0.1, -0.05) is 12.1 Å². The minimum Gasteiger partial charge on any atom is -0.497 e. The Labute approximate surface area is 192 Å². The largest absolute Gasteiger partial charge is 0.497 e. The molecular weight excluding hydrogens is 418 g/mol. The van der Waals surface area contributed by atoms with Crippen LogP contribution < -0.4 is 14.9 Å². The molecule has 0 bridgehead atoms. The van der Waals surface area contributed by atoms with Crippen molar-refractivity contribution in [2.24, 2.45) is 0 Å². The molecule has 1 aliphatic carbocycles. The third kappa shape index (κ3) is 3.41. The first-order chi connectivity index (χ1) is 16.0. The Balaban J connectivity index is 1.68. The van der Waals surface area contributed by atoms with Crippen molar-refractivity contribution in [3.63, 3.8) is 0 Å². The number of ether oxygens (including phenoxy) is 3. The summed E-state index contributed by atoms with van der Waals surface area (Å²) in [7, 11) is 3.31. The number of rotatable bonds is 5. The Hall–Kier alpha value is -3.54. The van der Waals surface area contributed by atoms with E-state index in [1.807, 2.05) is 30.3 Å². The van der Waals surface area contributed by atoms with Crippen LogP contribution in [0.1, 0.15) is 42.1 Å². The van der Waals surface area contributed by atoms with Crippen LogP contribution in [0.2, 0.25) is 0 Å². The van der Waals surface area contributed by atoms with Gasteiger partial charge in [-0.3, -0.25) is 4.79 Å². The average molecular weight is 446 g/mol. The lowest BCUT2D eigenvalue weighted by molar-refractivity contribution is 0.0521. The van der Waals surface area contributed by atoms with Crippen molar-refractivity contribution in [3.8, 4) is 33.9 Å². The van der Waals surface area contributed by atoms with E-state index in [9.17, 15) is 9.59 Å². The molecule has 3 aromatic rings. The summed E-state index contributed by atoms with van der Waals surface area (Å²) >= 11 is 0. The molecule has 6 nitrogen and oxygen atoms in total. The van der Waals surface area contributed by atoms with Gasteiger partial charge in [0.15, 0.2) is 5.43 Å². The van der Waals surface area contributed by atoms with Crippen LogP contribution in [0.25, 0.3) is 22.4 Å². The lowest BCUT2D eigenvalue weighted by atomic mass is 9.69. The molecule has 0 saturated heterocycles. The molecule has 1 aliphatic heterocycles. The molecule has 5 rings (SSSR count). The predicted octanol–water partition coefficient (Wildman–Crippen LogP) is 4.81. The molecule has 1 spiro atoms. The number of hydrogen-bond donors (Lipinski definition) is 0. The van der Waals surface area contributed by atoms with Crippen molar-refractivity contribution >= 4 is 5.97 Å². The molecule has 0 radical (unpaired) electrons. The van der Waals surface area contributed by atoms with E-state index in [0.717, 1.165) is 59.6 Å². The van der Waals surface area contributed by atoms with Crippen molar-refractivity contribution < 1.29 is 19.0 Å². The molecule has 1 fully saturated rings. The number of benzene rings is 2. The maximum Gasteiger partial charge on any atom is 0.343 e. The maximum atomic E-state index is 12.9. The fourth-order valence-electron chi connectivity index (χ4n) is 5.11. The van der Waals surface area contributed by atoms with Gasteiger partial charge in [0, 0.05) is 28.9 Å². The summed E-state index contributed by atoms with van der Waals surface area (Å²) in [6.45, 7) is 1.98. The average Bonchev–Trinajstić information content (AvgIpc) is 2.81. The van der Waals surface area contributed by atoms with Gasteiger partial charge in [-0.15, -0.1) is 0 Å². The monoisotopic (exact) mass is 445 g/mol. The number of methoxy groups -OCH3 is 2. The third-order valence-corrected chi connectivity index (χ3v) is 6.96. The Morgan fingerprint density at radius 2 is 1.79 bits per heavy atom. The summed E-state index contributed by atoms with van der Waals surface area (Å²) in [5.74, 6) is 0.970. The number of nitrogens with zero attached hydrogens (tertiary/aromatic N) is 1. The molecule has 1 aromatic heterocycles. The Bertz CT molecular complexity index is 1290. The molecule has 6 heteroatoms. The first-order valence-electron chi connectivity index (χ1n) is 11.3. The predicted molar refractivity (Wildman–Crippen MR) is 126 cm³/mol. The fourth-order valence-corrected chi connectivity index (χ4v) is 5.11. The second kappa shape index (κ2) is 8.10. The summed E-state index contributed by atoms with van der Waals surface area (Å²) in [6, 6.07) is 13.7. The van der Waals surface area contributed by atoms with Gasteiger partial charge < -0.3 is 18.8 Å². The highest BCUT2D eigenvalue weighted by atomic mass is 16.5. The van der Waals surface area contributed by atoms with E-state index in [1.165, 1.54) is 5.56 Å². The Morgan fingerprint density at radius 3 is 2.39 bits per heavy atom. The van der Waals surface area contributed by atoms with E-state index in [-0.39, 0.29) is 23.1 Å². The second-order valence-corrected chi connectivity index (χ2v) is 8.72. The number of hydrogen-bond acceptors (Lipinski definition) is 5. The lowest BCUT2D eigenvalue weighted by Crippen LogP contribution is -2.46. The number of aromatic nitrogens is 1. The molecule has 170 valence electrons. The van der Waals surface area contributed by atoms with Crippen LogP contribution in [0.5, 0.6) is 11.5 Å². The highest BCUT2D eigenvalue weighted by molar-refractivity contribution is 5.90. The zero-order valence-electron chi connectivity index (χ0n) is 19.1. The number of fused-ring (bicyclic) bond motifs is 4. The summed E-state index contributed by atoms with van der Waals surface area (Å²) in [5, 5.41) is 0. The van der Waals surface area contributed by atoms with E-state index in [2.05, 4.69) is 10.6 Å².